The normalized spacial score (nSPS) is 15.6. The van der Waals surface area contributed by atoms with Crippen molar-refractivity contribution in [2.75, 3.05) is 11.4 Å². The number of hydrogen-bond acceptors (Lipinski definition) is 4. The molecule has 0 atom stereocenters. The molecule has 1 aliphatic rings. The highest BCUT2D eigenvalue weighted by molar-refractivity contribution is 5.81. The average molecular weight is 447 g/mol. The summed E-state index contributed by atoms with van der Waals surface area (Å²) in [6.07, 6.45) is -3.87. The van der Waals surface area contributed by atoms with Crippen LogP contribution in [-0.4, -0.2) is 17.9 Å². The molecule has 0 saturated heterocycles. The molecule has 0 bridgehead atoms. The van der Waals surface area contributed by atoms with Crippen molar-refractivity contribution < 1.29 is 35.5 Å². The van der Waals surface area contributed by atoms with Gasteiger partial charge in [0.25, 0.3) is 0 Å². The smallest absolute Gasteiger partial charge is 0.406 e. The average Bonchev–Trinajstić information content (AvgIpc) is 2.62. The molecule has 0 unspecified atom stereocenters. The Morgan fingerprint density at radius 3 is 2.42 bits per heavy atom. The maximum Gasteiger partial charge on any atom is 0.573 e. The van der Waals surface area contributed by atoms with Gasteiger partial charge in [-0.3, -0.25) is 4.98 Å². The Kier molecular flexibility index (Phi) is 6.14. The molecule has 0 spiro atoms. The van der Waals surface area contributed by atoms with Gasteiger partial charge in [0.05, 0.1) is 23.1 Å². The molecule has 1 aliphatic heterocycles. The number of nitrogens with zero attached hydrogens (tertiary/aromatic N) is 2. The third kappa shape index (κ3) is 5.89. The first-order valence-corrected chi connectivity index (χ1v) is 8.96. The highest BCUT2D eigenvalue weighted by Gasteiger charge is 2.33. The van der Waals surface area contributed by atoms with E-state index in [1.54, 1.807) is 6.08 Å². The second-order valence-electron chi connectivity index (χ2n) is 6.68. The highest BCUT2D eigenvalue weighted by Crippen LogP contribution is 2.35. The van der Waals surface area contributed by atoms with E-state index in [1.165, 1.54) is 17.2 Å². The zero-order valence-corrected chi connectivity index (χ0v) is 15.8. The Balaban J connectivity index is 2.13. The number of benzene rings is 1. The minimum atomic E-state index is -5.05. The first kappa shape index (κ1) is 22.4. The Hall–Kier alpha value is -3.24. The third-order valence-electron chi connectivity index (χ3n) is 4.32. The Morgan fingerprint density at radius 2 is 1.74 bits per heavy atom. The summed E-state index contributed by atoms with van der Waals surface area (Å²) in [5.41, 5.74) is 5.19. The summed E-state index contributed by atoms with van der Waals surface area (Å²) in [6.45, 7) is 0.185. The fraction of sp³-hybridized carbons (Fsp3) is 0.250. The molecule has 31 heavy (non-hydrogen) atoms. The number of nitrogens with two attached hydrogens (primary N) is 1. The van der Waals surface area contributed by atoms with Crippen LogP contribution in [0.25, 0.3) is 5.70 Å². The van der Waals surface area contributed by atoms with E-state index in [1.807, 2.05) is 0 Å². The topological polar surface area (TPSA) is 51.4 Å². The van der Waals surface area contributed by atoms with Crippen molar-refractivity contribution >= 4 is 11.4 Å². The van der Waals surface area contributed by atoms with Crippen LogP contribution in [0.1, 0.15) is 24.0 Å². The quantitative estimate of drug-likeness (QED) is 0.621. The van der Waals surface area contributed by atoms with Gasteiger partial charge in [0.2, 0.25) is 0 Å². The number of alkyl halides is 6. The molecule has 166 valence electrons. The molecule has 0 amide bonds. The van der Waals surface area contributed by atoms with Crippen LogP contribution in [0, 0.1) is 5.82 Å². The van der Waals surface area contributed by atoms with E-state index >= 15 is 0 Å². The summed E-state index contributed by atoms with van der Waals surface area (Å²) in [5.74, 6) is -1.83. The predicted octanol–water partition coefficient (Wildman–Crippen LogP) is 5.62. The highest BCUT2D eigenvalue weighted by atomic mass is 19.4. The van der Waals surface area contributed by atoms with Gasteiger partial charge in [-0.2, -0.15) is 13.2 Å². The lowest BCUT2D eigenvalue weighted by atomic mass is 10.0. The molecule has 3 rings (SSSR count). The van der Waals surface area contributed by atoms with E-state index in [0.717, 1.165) is 18.2 Å². The summed E-state index contributed by atoms with van der Waals surface area (Å²) in [5, 5.41) is 0. The van der Waals surface area contributed by atoms with Crippen molar-refractivity contribution in [1.29, 1.82) is 0 Å². The first-order chi connectivity index (χ1) is 14.4. The molecule has 0 aliphatic carbocycles. The minimum absolute atomic E-state index is 0.0262. The van der Waals surface area contributed by atoms with E-state index < -0.39 is 29.7 Å². The zero-order chi connectivity index (χ0) is 22.8. The van der Waals surface area contributed by atoms with Gasteiger partial charge in [-0.15, -0.1) is 13.2 Å². The largest absolute Gasteiger partial charge is 0.573 e. The van der Waals surface area contributed by atoms with Crippen LogP contribution in [0.4, 0.5) is 36.4 Å². The molecular weight excluding hydrogens is 431 g/mol. The molecule has 0 fully saturated rings. The molecule has 1 aromatic carbocycles. The number of allylic oxidation sites excluding steroid dienone is 2. The molecule has 0 radical (unpaired) electrons. The van der Waals surface area contributed by atoms with Crippen LogP contribution in [-0.2, 0) is 6.18 Å². The van der Waals surface area contributed by atoms with E-state index in [0.29, 0.717) is 25.1 Å². The van der Waals surface area contributed by atoms with Gasteiger partial charge >= 0.3 is 12.5 Å². The Bertz CT molecular complexity index is 1010. The third-order valence-corrected chi connectivity index (χ3v) is 4.32. The minimum Gasteiger partial charge on any atom is -0.406 e. The molecule has 1 aromatic heterocycles. The number of halogens is 7. The van der Waals surface area contributed by atoms with Gasteiger partial charge < -0.3 is 15.4 Å². The van der Waals surface area contributed by atoms with Crippen molar-refractivity contribution in [3.63, 3.8) is 0 Å². The molecule has 11 heteroatoms. The van der Waals surface area contributed by atoms with Crippen molar-refractivity contribution in [2.24, 2.45) is 5.73 Å². The van der Waals surface area contributed by atoms with Crippen molar-refractivity contribution in [1.82, 2.24) is 4.98 Å². The molecule has 2 N–H and O–H groups in total. The van der Waals surface area contributed by atoms with Crippen LogP contribution in [0.5, 0.6) is 5.75 Å². The Labute approximate surface area is 172 Å². The molecule has 2 aromatic rings. The second-order valence-corrected chi connectivity index (χ2v) is 6.68. The van der Waals surface area contributed by atoms with Crippen LogP contribution in [0.2, 0.25) is 0 Å². The van der Waals surface area contributed by atoms with Gasteiger partial charge in [-0.1, -0.05) is 6.08 Å². The van der Waals surface area contributed by atoms with Crippen LogP contribution in [0.15, 0.2) is 54.5 Å². The van der Waals surface area contributed by atoms with Crippen LogP contribution >= 0.6 is 0 Å². The molecular formula is C20H16F7N3O. The van der Waals surface area contributed by atoms with Gasteiger partial charge in [-0.25, -0.2) is 4.39 Å². The van der Waals surface area contributed by atoms with Gasteiger partial charge in [0.1, 0.15) is 11.6 Å². The van der Waals surface area contributed by atoms with Crippen LogP contribution < -0.4 is 15.4 Å². The number of aromatic nitrogens is 1. The lowest BCUT2D eigenvalue weighted by Gasteiger charge is -2.29. The van der Waals surface area contributed by atoms with Crippen molar-refractivity contribution in [2.45, 2.75) is 25.4 Å². The predicted molar refractivity (Wildman–Crippen MR) is 99.1 cm³/mol. The van der Waals surface area contributed by atoms with Gasteiger partial charge in [-0.05, 0) is 37.1 Å². The fourth-order valence-corrected chi connectivity index (χ4v) is 3.07. The molecule has 2 heterocycles. The SMILES string of the molecule is NC1=CCCCN(c2cncc(C(F)(F)F)c2)C(c2cc(F)cc(OC(F)(F)F)c2)=C1. The van der Waals surface area contributed by atoms with Crippen molar-refractivity contribution in [3.05, 3.63) is 71.5 Å². The molecule has 0 saturated carbocycles. The monoisotopic (exact) mass is 447 g/mol. The van der Waals surface area contributed by atoms with Gasteiger partial charge in [0, 0.05) is 30.1 Å². The summed E-state index contributed by atoms with van der Waals surface area (Å²) < 4.78 is 95.2. The Morgan fingerprint density at radius 1 is 1.00 bits per heavy atom. The number of pyridine rings is 1. The fourth-order valence-electron chi connectivity index (χ4n) is 3.07. The lowest BCUT2D eigenvalue weighted by Crippen LogP contribution is -2.25. The van der Waals surface area contributed by atoms with Crippen molar-refractivity contribution in [3.8, 4) is 5.75 Å². The van der Waals surface area contributed by atoms with E-state index in [9.17, 15) is 30.7 Å². The maximum atomic E-state index is 14.1. The number of anilines is 1. The van der Waals surface area contributed by atoms with E-state index in [-0.39, 0.29) is 29.2 Å². The second kappa shape index (κ2) is 8.48. The van der Waals surface area contributed by atoms with E-state index in [4.69, 9.17) is 5.73 Å². The van der Waals surface area contributed by atoms with E-state index in [2.05, 4.69) is 9.72 Å². The standard InChI is InChI=1S/C20H16F7N3O/c21-14-5-12(6-17(8-14)31-20(25,26)27)18-9-15(28)3-1-2-4-30(18)16-7-13(10-29-11-16)19(22,23)24/h3,5-11H,1-2,4,28H2. The molecule has 4 nitrogen and oxygen atoms in total. The maximum absolute atomic E-state index is 14.1. The summed E-state index contributed by atoms with van der Waals surface area (Å²) in [7, 11) is 0. The summed E-state index contributed by atoms with van der Waals surface area (Å²) in [4.78, 5) is 5.03. The number of hydrogen-bond donors (Lipinski definition) is 1. The lowest BCUT2D eigenvalue weighted by molar-refractivity contribution is -0.274. The summed E-state index contributed by atoms with van der Waals surface area (Å²) >= 11 is 0. The number of ether oxygens (including phenoxy) is 1. The number of rotatable bonds is 3. The zero-order valence-electron chi connectivity index (χ0n) is 15.8. The first-order valence-electron chi connectivity index (χ1n) is 8.96. The van der Waals surface area contributed by atoms with Crippen LogP contribution in [0.3, 0.4) is 0 Å². The summed E-state index contributed by atoms with van der Waals surface area (Å²) in [6, 6.07) is 3.29. The van der Waals surface area contributed by atoms with Gasteiger partial charge in [0.15, 0.2) is 0 Å².